The fourth-order valence-corrected chi connectivity index (χ4v) is 3.70. The molecule has 0 unspecified atom stereocenters. The number of rotatable bonds is 2. The standard InChI is InChI=1S/C24H15ClO/c25-19-14-21(24-22(15-19)20-8-4-5-9-23(20)26-24)18-12-10-17(11-13-18)16-6-2-1-3-7-16/h1-15H. The molecular weight excluding hydrogens is 340 g/mol. The van der Waals surface area contributed by atoms with Crippen molar-refractivity contribution in [1.82, 2.24) is 0 Å². The lowest BCUT2D eigenvalue weighted by Gasteiger charge is -2.06. The van der Waals surface area contributed by atoms with Crippen LogP contribution in [0.5, 0.6) is 0 Å². The Morgan fingerprint density at radius 1 is 0.577 bits per heavy atom. The molecule has 0 aliphatic rings. The molecule has 0 spiro atoms. The van der Waals surface area contributed by atoms with Crippen molar-refractivity contribution in [3.8, 4) is 22.3 Å². The van der Waals surface area contributed by atoms with Gasteiger partial charge in [0.1, 0.15) is 11.2 Å². The first-order valence-electron chi connectivity index (χ1n) is 8.56. The number of fused-ring (bicyclic) bond motifs is 3. The lowest BCUT2D eigenvalue weighted by Crippen LogP contribution is -1.82. The maximum Gasteiger partial charge on any atom is 0.143 e. The summed E-state index contributed by atoms with van der Waals surface area (Å²) >= 11 is 6.42. The number of hydrogen-bond acceptors (Lipinski definition) is 1. The Morgan fingerprint density at radius 3 is 2.04 bits per heavy atom. The topological polar surface area (TPSA) is 13.1 Å². The van der Waals surface area contributed by atoms with Crippen LogP contribution in [0.2, 0.25) is 5.02 Å². The molecule has 0 radical (unpaired) electrons. The molecule has 0 fully saturated rings. The van der Waals surface area contributed by atoms with Crippen LogP contribution in [-0.4, -0.2) is 0 Å². The third-order valence-corrected chi connectivity index (χ3v) is 4.96. The number of hydrogen-bond donors (Lipinski definition) is 0. The summed E-state index contributed by atoms with van der Waals surface area (Å²) in [4.78, 5) is 0. The van der Waals surface area contributed by atoms with E-state index in [9.17, 15) is 0 Å². The summed E-state index contributed by atoms with van der Waals surface area (Å²) in [5.74, 6) is 0. The summed E-state index contributed by atoms with van der Waals surface area (Å²) in [6, 6.07) is 30.9. The number of furan rings is 1. The highest BCUT2D eigenvalue weighted by Crippen LogP contribution is 2.38. The van der Waals surface area contributed by atoms with Crippen molar-refractivity contribution in [2.75, 3.05) is 0 Å². The van der Waals surface area contributed by atoms with Crippen molar-refractivity contribution in [2.24, 2.45) is 0 Å². The molecule has 2 heteroatoms. The lowest BCUT2D eigenvalue weighted by atomic mass is 9.99. The highest BCUT2D eigenvalue weighted by molar-refractivity contribution is 6.32. The van der Waals surface area contributed by atoms with E-state index in [2.05, 4.69) is 54.6 Å². The highest BCUT2D eigenvalue weighted by atomic mass is 35.5. The van der Waals surface area contributed by atoms with Gasteiger partial charge in [0.15, 0.2) is 0 Å². The minimum Gasteiger partial charge on any atom is -0.455 e. The molecule has 0 aliphatic carbocycles. The van der Waals surface area contributed by atoms with Gasteiger partial charge in [0.25, 0.3) is 0 Å². The van der Waals surface area contributed by atoms with Crippen LogP contribution in [0.15, 0.2) is 95.4 Å². The van der Waals surface area contributed by atoms with Crippen molar-refractivity contribution in [1.29, 1.82) is 0 Å². The number of halogens is 1. The Hall–Kier alpha value is -3.03. The minimum atomic E-state index is 0.714. The van der Waals surface area contributed by atoms with Crippen LogP contribution in [0.4, 0.5) is 0 Å². The van der Waals surface area contributed by atoms with Gasteiger partial charge in [-0.1, -0.05) is 84.4 Å². The van der Waals surface area contributed by atoms with Gasteiger partial charge in [-0.15, -0.1) is 0 Å². The third kappa shape index (κ3) is 2.49. The SMILES string of the molecule is Clc1cc(-c2ccc(-c3ccccc3)cc2)c2oc3ccccc3c2c1. The van der Waals surface area contributed by atoms with Crippen LogP contribution in [0.25, 0.3) is 44.2 Å². The van der Waals surface area contributed by atoms with E-state index in [-0.39, 0.29) is 0 Å². The summed E-state index contributed by atoms with van der Waals surface area (Å²) in [7, 11) is 0. The molecule has 0 bridgehead atoms. The van der Waals surface area contributed by atoms with Crippen molar-refractivity contribution in [2.45, 2.75) is 0 Å². The maximum absolute atomic E-state index is 6.42. The molecule has 5 rings (SSSR count). The van der Waals surface area contributed by atoms with E-state index < -0.39 is 0 Å². The number of para-hydroxylation sites is 1. The molecule has 0 N–H and O–H groups in total. The van der Waals surface area contributed by atoms with Crippen LogP contribution in [0.1, 0.15) is 0 Å². The molecule has 1 aromatic heterocycles. The van der Waals surface area contributed by atoms with Gasteiger partial charge < -0.3 is 4.42 Å². The van der Waals surface area contributed by atoms with Crippen molar-refractivity contribution in [3.63, 3.8) is 0 Å². The Morgan fingerprint density at radius 2 is 1.23 bits per heavy atom. The summed E-state index contributed by atoms with van der Waals surface area (Å²) in [5.41, 5.74) is 6.27. The van der Waals surface area contributed by atoms with E-state index in [0.29, 0.717) is 5.02 Å². The second-order valence-corrected chi connectivity index (χ2v) is 6.81. The Labute approximate surface area is 156 Å². The molecule has 0 aliphatic heterocycles. The van der Waals surface area contributed by atoms with Crippen LogP contribution in [-0.2, 0) is 0 Å². The largest absolute Gasteiger partial charge is 0.455 e. The zero-order chi connectivity index (χ0) is 17.5. The van der Waals surface area contributed by atoms with Gasteiger partial charge in [-0.2, -0.15) is 0 Å². The Balaban J connectivity index is 1.69. The molecular formula is C24H15ClO. The van der Waals surface area contributed by atoms with E-state index in [4.69, 9.17) is 16.0 Å². The monoisotopic (exact) mass is 354 g/mol. The van der Waals surface area contributed by atoms with E-state index in [0.717, 1.165) is 33.1 Å². The van der Waals surface area contributed by atoms with Crippen LogP contribution >= 0.6 is 11.6 Å². The molecule has 124 valence electrons. The molecule has 5 aromatic rings. The summed E-state index contributed by atoms with van der Waals surface area (Å²) < 4.78 is 6.15. The molecule has 0 atom stereocenters. The molecule has 26 heavy (non-hydrogen) atoms. The van der Waals surface area contributed by atoms with Gasteiger partial charge in [-0.25, -0.2) is 0 Å². The van der Waals surface area contributed by atoms with E-state index in [1.54, 1.807) is 0 Å². The molecule has 1 nitrogen and oxygen atoms in total. The van der Waals surface area contributed by atoms with E-state index in [1.807, 2.05) is 36.4 Å². The van der Waals surface area contributed by atoms with Gasteiger partial charge in [0.2, 0.25) is 0 Å². The quantitative estimate of drug-likeness (QED) is 0.318. The first-order valence-corrected chi connectivity index (χ1v) is 8.94. The van der Waals surface area contributed by atoms with Gasteiger partial charge in [0, 0.05) is 21.4 Å². The van der Waals surface area contributed by atoms with E-state index in [1.165, 1.54) is 11.1 Å². The smallest absolute Gasteiger partial charge is 0.143 e. The minimum absolute atomic E-state index is 0.714. The average Bonchev–Trinajstić information content (AvgIpc) is 3.07. The average molecular weight is 355 g/mol. The second-order valence-electron chi connectivity index (χ2n) is 6.37. The number of benzene rings is 4. The van der Waals surface area contributed by atoms with Crippen LogP contribution < -0.4 is 0 Å². The zero-order valence-electron chi connectivity index (χ0n) is 13.9. The second kappa shape index (κ2) is 6.05. The molecule has 1 heterocycles. The first-order chi connectivity index (χ1) is 12.8. The van der Waals surface area contributed by atoms with E-state index >= 15 is 0 Å². The Kier molecular flexibility index (Phi) is 3.55. The predicted molar refractivity (Wildman–Crippen MR) is 110 cm³/mol. The van der Waals surface area contributed by atoms with Gasteiger partial charge in [0.05, 0.1) is 0 Å². The summed E-state index contributed by atoms with van der Waals surface area (Å²) in [6.45, 7) is 0. The Bertz CT molecular complexity index is 1220. The zero-order valence-corrected chi connectivity index (χ0v) is 14.7. The van der Waals surface area contributed by atoms with Crippen LogP contribution in [0, 0.1) is 0 Å². The summed E-state index contributed by atoms with van der Waals surface area (Å²) in [5, 5.41) is 2.86. The highest BCUT2D eigenvalue weighted by Gasteiger charge is 2.13. The predicted octanol–water partition coefficient (Wildman–Crippen LogP) is 7.57. The fraction of sp³-hybridized carbons (Fsp3) is 0. The van der Waals surface area contributed by atoms with Crippen molar-refractivity contribution >= 4 is 33.5 Å². The lowest BCUT2D eigenvalue weighted by molar-refractivity contribution is 0.670. The molecule has 0 saturated carbocycles. The van der Waals surface area contributed by atoms with Gasteiger partial charge in [-0.3, -0.25) is 0 Å². The normalized spacial score (nSPS) is 11.3. The first kappa shape index (κ1) is 15.2. The third-order valence-electron chi connectivity index (χ3n) is 4.75. The van der Waals surface area contributed by atoms with Gasteiger partial charge >= 0.3 is 0 Å². The van der Waals surface area contributed by atoms with Crippen molar-refractivity contribution < 1.29 is 4.42 Å². The molecule has 4 aromatic carbocycles. The molecule has 0 saturated heterocycles. The maximum atomic E-state index is 6.42. The summed E-state index contributed by atoms with van der Waals surface area (Å²) in [6.07, 6.45) is 0. The van der Waals surface area contributed by atoms with Gasteiger partial charge in [-0.05, 0) is 34.9 Å². The fourth-order valence-electron chi connectivity index (χ4n) is 3.48. The molecule has 0 amide bonds. The van der Waals surface area contributed by atoms with Crippen molar-refractivity contribution in [3.05, 3.63) is 96.0 Å². The van der Waals surface area contributed by atoms with Crippen LogP contribution in [0.3, 0.4) is 0 Å².